The van der Waals surface area contributed by atoms with Gasteiger partial charge in [-0.3, -0.25) is 4.79 Å². The van der Waals surface area contributed by atoms with E-state index < -0.39 is 5.97 Å². The summed E-state index contributed by atoms with van der Waals surface area (Å²) in [5, 5.41) is 0. The van der Waals surface area contributed by atoms with Crippen LogP contribution in [-0.2, 0) is 23.8 Å². The summed E-state index contributed by atoms with van der Waals surface area (Å²) in [6.45, 7) is 20.3. The second-order valence-corrected chi connectivity index (χ2v) is 7.70. The number of hydrogen-bond acceptors (Lipinski definition) is 5. The molecule has 0 N–H and O–H groups in total. The molecule has 0 aromatic carbocycles. The van der Waals surface area contributed by atoms with E-state index in [2.05, 4.69) is 13.2 Å². The third-order valence-corrected chi connectivity index (χ3v) is 3.41. The molecule has 0 aliphatic carbocycles. The number of hydrogen-bond donors (Lipinski definition) is 0. The highest BCUT2D eigenvalue weighted by atomic mass is 16.6. The summed E-state index contributed by atoms with van der Waals surface area (Å²) < 4.78 is 16.5. The average molecular weight is 354 g/mol. The molecule has 0 aromatic rings. The lowest BCUT2D eigenvalue weighted by Crippen LogP contribution is -2.29. The zero-order chi connectivity index (χ0) is 19.6. The molecule has 0 aromatic heterocycles. The third kappa shape index (κ3) is 11.7. The van der Waals surface area contributed by atoms with Gasteiger partial charge in [0.2, 0.25) is 0 Å². The fourth-order valence-electron chi connectivity index (χ4n) is 1.95. The minimum absolute atomic E-state index is 0.0805. The first-order valence-corrected chi connectivity index (χ1v) is 8.65. The summed E-state index contributed by atoms with van der Waals surface area (Å²) in [5.41, 5.74) is 0.790. The first kappa shape index (κ1) is 23.5. The highest BCUT2D eigenvalue weighted by molar-refractivity contribution is 5.94. The number of carbonyl (C=O) groups excluding carboxylic acids is 2. The van der Waals surface area contributed by atoms with E-state index in [4.69, 9.17) is 14.2 Å². The molecule has 0 spiro atoms. The van der Waals surface area contributed by atoms with Gasteiger partial charge in [-0.2, -0.15) is 0 Å². The van der Waals surface area contributed by atoms with Gasteiger partial charge in [0.25, 0.3) is 0 Å². The summed E-state index contributed by atoms with van der Waals surface area (Å²) in [5.74, 6) is -0.170. The van der Waals surface area contributed by atoms with Crippen molar-refractivity contribution in [3.63, 3.8) is 0 Å². The minimum atomic E-state index is -0.406. The summed E-state index contributed by atoms with van der Waals surface area (Å²) in [6.07, 6.45) is 0.131. The highest BCUT2D eigenvalue weighted by Gasteiger charge is 2.21. The molecule has 25 heavy (non-hydrogen) atoms. The fourth-order valence-corrected chi connectivity index (χ4v) is 1.95. The normalized spacial score (nSPS) is 13.8. The Labute approximate surface area is 152 Å². The van der Waals surface area contributed by atoms with Crippen molar-refractivity contribution in [1.82, 2.24) is 0 Å². The number of ketones is 1. The molecule has 0 saturated carbocycles. The van der Waals surface area contributed by atoms with Gasteiger partial charge in [0.1, 0.15) is 6.10 Å². The molecular formula is C20H34O5. The predicted octanol–water partition coefficient (Wildman–Crippen LogP) is 3.73. The molecule has 0 heterocycles. The van der Waals surface area contributed by atoms with E-state index >= 15 is 0 Å². The van der Waals surface area contributed by atoms with E-state index in [9.17, 15) is 9.59 Å². The van der Waals surface area contributed by atoms with Crippen molar-refractivity contribution >= 4 is 11.8 Å². The van der Waals surface area contributed by atoms with Gasteiger partial charge in [-0.1, -0.05) is 33.9 Å². The van der Waals surface area contributed by atoms with Crippen LogP contribution < -0.4 is 0 Å². The molecule has 0 rings (SSSR count). The standard InChI is InChI=1S/C20H34O5/c1-14(2)18(21)9-16(5)10-23-12-20(7,8)13-24-11-17(6)25-19(22)15(3)4/h16-17H,1,3,9-13H2,2,4-8H3. The van der Waals surface area contributed by atoms with Crippen LogP contribution in [0.4, 0.5) is 0 Å². The molecule has 0 bridgehead atoms. The van der Waals surface area contributed by atoms with Crippen molar-refractivity contribution in [2.75, 3.05) is 26.4 Å². The summed E-state index contributed by atoms with van der Waals surface area (Å²) in [6, 6.07) is 0. The van der Waals surface area contributed by atoms with Gasteiger partial charge >= 0.3 is 5.97 Å². The van der Waals surface area contributed by atoms with Crippen LogP contribution in [0.3, 0.4) is 0 Å². The number of rotatable bonds is 13. The van der Waals surface area contributed by atoms with E-state index in [0.29, 0.717) is 44.0 Å². The Kier molecular flexibility index (Phi) is 10.6. The molecule has 5 nitrogen and oxygen atoms in total. The maximum Gasteiger partial charge on any atom is 0.333 e. The SMILES string of the molecule is C=C(C)C(=O)CC(C)COCC(C)(C)COCC(C)OC(=O)C(=C)C. The first-order valence-electron chi connectivity index (χ1n) is 8.65. The fraction of sp³-hybridized carbons (Fsp3) is 0.700. The van der Waals surface area contributed by atoms with Crippen LogP contribution >= 0.6 is 0 Å². The number of ether oxygens (including phenoxy) is 3. The topological polar surface area (TPSA) is 61.8 Å². The van der Waals surface area contributed by atoms with Gasteiger partial charge < -0.3 is 14.2 Å². The van der Waals surface area contributed by atoms with Gasteiger partial charge in [-0.15, -0.1) is 0 Å². The van der Waals surface area contributed by atoms with E-state index in [1.54, 1.807) is 20.8 Å². The monoisotopic (exact) mass is 354 g/mol. The molecule has 0 aliphatic rings. The second kappa shape index (κ2) is 11.2. The lowest BCUT2D eigenvalue weighted by atomic mass is 9.96. The molecule has 0 aliphatic heterocycles. The zero-order valence-corrected chi connectivity index (χ0v) is 16.6. The highest BCUT2D eigenvalue weighted by Crippen LogP contribution is 2.17. The van der Waals surface area contributed by atoms with E-state index in [0.717, 1.165) is 0 Å². The maximum atomic E-state index is 11.6. The van der Waals surface area contributed by atoms with Crippen molar-refractivity contribution < 1.29 is 23.8 Å². The molecule has 0 saturated heterocycles. The summed E-state index contributed by atoms with van der Waals surface area (Å²) in [4.78, 5) is 23.0. The van der Waals surface area contributed by atoms with Crippen LogP contribution in [-0.4, -0.2) is 44.3 Å². The number of carbonyl (C=O) groups is 2. The molecule has 0 radical (unpaired) electrons. The zero-order valence-electron chi connectivity index (χ0n) is 16.6. The Morgan fingerprint density at radius 3 is 1.96 bits per heavy atom. The van der Waals surface area contributed by atoms with Crippen molar-refractivity contribution in [3.05, 3.63) is 24.3 Å². The smallest absolute Gasteiger partial charge is 0.333 e. The lowest BCUT2D eigenvalue weighted by Gasteiger charge is -2.26. The van der Waals surface area contributed by atoms with E-state index in [-0.39, 0.29) is 23.2 Å². The van der Waals surface area contributed by atoms with Crippen molar-refractivity contribution in [2.45, 2.75) is 54.1 Å². The summed E-state index contributed by atoms with van der Waals surface area (Å²) >= 11 is 0. The first-order chi connectivity index (χ1) is 11.4. The van der Waals surface area contributed by atoms with Crippen molar-refractivity contribution in [3.8, 4) is 0 Å². The predicted molar refractivity (Wildman–Crippen MR) is 99.4 cm³/mol. The quantitative estimate of drug-likeness (QED) is 0.372. The Morgan fingerprint density at radius 1 is 0.960 bits per heavy atom. The number of allylic oxidation sites excluding steroid dienone is 1. The van der Waals surface area contributed by atoms with Gasteiger partial charge in [0.15, 0.2) is 5.78 Å². The Bertz CT molecular complexity index is 436. The molecular weight excluding hydrogens is 320 g/mol. The van der Waals surface area contributed by atoms with Gasteiger partial charge in [0, 0.05) is 24.0 Å². The van der Waals surface area contributed by atoms with Crippen molar-refractivity contribution in [2.24, 2.45) is 11.3 Å². The van der Waals surface area contributed by atoms with Crippen LogP contribution in [0, 0.1) is 11.3 Å². The van der Waals surface area contributed by atoms with Crippen LogP contribution in [0.2, 0.25) is 0 Å². The molecule has 0 amide bonds. The van der Waals surface area contributed by atoms with Gasteiger partial charge in [-0.05, 0) is 32.3 Å². The summed E-state index contributed by atoms with van der Waals surface area (Å²) in [7, 11) is 0. The van der Waals surface area contributed by atoms with Crippen molar-refractivity contribution in [1.29, 1.82) is 0 Å². The molecule has 144 valence electrons. The minimum Gasteiger partial charge on any atom is -0.457 e. The van der Waals surface area contributed by atoms with Crippen LogP contribution in [0.15, 0.2) is 24.3 Å². The Hall–Kier alpha value is -1.46. The third-order valence-electron chi connectivity index (χ3n) is 3.41. The van der Waals surface area contributed by atoms with Gasteiger partial charge in [0.05, 0.1) is 19.8 Å². The average Bonchev–Trinajstić information content (AvgIpc) is 2.46. The Balaban J connectivity index is 4.01. The maximum absolute atomic E-state index is 11.6. The molecule has 0 fully saturated rings. The Morgan fingerprint density at radius 2 is 1.48 bits per heavy atom. The molecule has 2 unspecified atom stereocenters. The van der Waals surface area contributed by atoms with Crippen LogP contribution in [0.5, 0.6) is 0 Å². The largest absolute Gasteiger partial charge is 0.457 e. The number of esters is 1. The van der Waals surface area contributed by atoms with Crippen LogP contribution in [0.1, 0.15) is 48.0 Å². The van der Waals surface area contributed by atoms with Gasteiger partial charge in [-0.25, -0.2) is 4.79 Å². The second-order valence-electron chi connectivity index (χ2n) is 7.70. The van der Waals surface area contributed by atoms with E-state index in [1.807, 2.05) is 20.8 Å². The van der Waals surface area contributed by atoms with E-state index in [1.165, 1.54) is 0 Å². The molecule has 5 heteroatoms. The molecule has 2 atom stereocenters. The lowest BCUT2D eigenvalue weighted by molar-refractivity contribution is -0.147. The van der Waals surface area contributed by atoms with Crippen LogP contribution in [0.25, 0.3) is 0 Å². The number of Topliss-reactive ketones (excluding diaryl/α,β-unsaturated/α-hetero) is 1.